The van der Waals surface area contributed by atoms with Gasteiger partial charge in [-0.25, -0.2) is 0 Å². The van der Waals surface area contributed by atoms with E-state index in [2.05, 4.69) is 128 Å². The molecule has 0 atom stereocenters. The summed E-state index contributed by atoms with van der Waals surface area (Å²) in [7, 11) is 0. The van der Waals surface area contributed by atoms with Gasteiger partial charge in [-0.15, -0.1) is 46.8 Å². The monoisotopic (exact) mass is 840 g/mol. The average Bonchev–Trinajstić information content (AvgIpc) is 3.76. The second-order valence-electron chi connectivity index (χ2n) is 12.5. The first-order chi connectivity index (χ1) is 25.7. The van der Waals surface area contributed by atoms with Crippen LogP contribution in [0.15, 0.2) is 115 Å². The van der Waals surface area contributed by atoms with Crippen LogP contribution in [-0.4, -0.2) is 14.5 Å². The molecule has 0 saturated carbocycles. The third-order valence-electron chi connectivity index (χ3n) is 8.61. The minimum Gasteiger partial charge on any atom is -0.333 e. The van der Waals surface area contributed by atoms with Gasteiger partial charge in [0.15, 0.2) is 0 Å². The van der Waals surface area contributed by atoms with Crippen molar-refractivity contribution in [3.8, 4) is 28.3 Å². The van der Waals surface area contributed by atoms with Gasteiger partial charge >= 0.3 is 0 Å². The Hall–Kier alpha value is -4.41. The number of fused-ring (bicyclic) bond motifs is 4. The maximum atomic E-state index is 7.28. The number of aromatic nitrogens is 3. The molecule has 0 aliphatic carbocycles. The molecule has 5 heteroatoms. The van der Waals surface area contributed by atoms with Crippen LogP contribution in [0.2, 0.25) is 0 Å². The molecule has 3 heterocycles. The fourth-order valence-corrected chi connectivity index (χ4v) is 7.18. The van der Waals surface area contributed by atoms with Crippen LogP contribution in [0.3, 0.4) is 0 Å². The van der Waals surface area contributed by atoms with Crippen LogP contribution in [0, 0.1) is 25.2 Å². The Labute approximate surface area is 315 Å². The summed E-state index contributed by atoms with van der Waals surface area (Å²) >= 11 is 1.69. The fourth-order valence-electron chi connectivity index (χ4n) is 6.20. The third-order valence-corrected chi connectivity index (χ3v) is 9.56. The molecule has 0 N–H and O–H groups in total. The van der Waals surface area contributed by atoms with Gasteiger partial charge in [0.1, 0.15) is 0 Å². The van der Waals surface area contributed by atoms with Gasteiger partial charge in [0, 0.05) is 40.2 Å². The summed E-state index contributed by atoms with van der Waals surface area (Å²) in [6.45, 7) is 4.77. The summed E-state index contributed by atoms with van der Waals surface area (Å²) in [4.78, 5) is 9.28. The number of para-hydroxylation sites is 3. The number of nitrogens with zero attached hydrogens (tertiary/aromatic N) is 3. The zero-order valence-electron chi connectivity index (χ0n) is 33.7. The van der Waals surface area contributed by atoms with Gasteiger partial charge in [-0.05, 0) is 58.6 Å². The normalized spacial score (nSPS) is 13.6. The van der Waals surface area contributed by atoms with Crippen molar-refractivity contribution in [1.82, 2.24) is 14.5 Å². The van der Waals surface area contributed by atoms with E-state index in [4.69, 9.17) is 13.2 Å². The second-order valence-corrected chi connectivity index (χ2v) is 13.3. The SMILES string of the molecule is CC(C)c1cccc(C(C)C)c1-n1c(-c2[c-]sc3c2ccc2ccccc23)nc2ccccc21.[2H]C([2H])([2H])c1c[c-]c(-c2ccc(C([2H])([2H])[2H])cn2)cc1.[Ir]. The molecule has 3 aromatic heterocycles. The molecule has 0 bridgehead atoms. The molecule has 1 radical (unpaired) electrons. The number of hydrogen-bond acceptors (Lipinski definition) is 3. The Morgan fingerprint density at radius 1 is 0.735 bits per heavy atom. The van der Waals surface area contributed by atoms with E-state index in [1.54, 1.807) is 23.5 Å². The number of rotatable bonds is 5. The predicted octanol–water partition coefficient (Wildman–Crippen LogP) is 12.3. The standard InChI is InChI=1S/C31H27N2S.C13H12N.Ir/c1-19(2)22-12-9-13-23(20(3)4)29(22)33-28-15-8-7-14-27(28)32-31(33)26-18-34-30-24-11-6-5-10-21(24)16-17-25(26)30;1-10-3-6-12(7-4-10)13-8-5-11(2)9-14-13;/h5-17,19-20H,1-4H3;3-6,8-9H,1-2H3;/q2*-1;/i;1D3,2D3;. The molecule has 0 aliphatic rings. The molecule has 0 spiro atoms. The molecule has 0 unspecified atom stereocenters. The van der Waals surface area contributed by atoms with Gasteiger partial charge in [-0.3, -0.25) is 16.3 Å². The van der Waals surface area contributed by atoms with Crippen molar-refractivity contribution >= 4 is 43.2 Å². The number of pyridine rings is 1. The minimum atomic E-state index is -2.18. The summed E-state index contributed by atoms with van der Waals surface area (Å²) in [6, 6.07) is 38.7. The molecule has 0 saturated heterocycles. The topological polar surface area (TPSA) is 30.7 Å². The quantitative estimate of drug-likeness (QED) is 0.162. The van der Waals surface area contributed by atoms with Gasteiger partial charge in [-0.2, -0.15) is 0 Å². The Morgan fingerprint density at radius 2 is 1.47 bits per heavy atom. The van der Waals surface area contributed by atoms with Crippen LogP contribution in [0.1, 0.15) is 70.0 Å². The number of benzene rings is 5. The largest absolute Gasteiger partial charge is 0.333 e. The molecule has 3 nitrogen and oxygen atoms in total. The summed E-state index contributed by atoms with van der Waals surface area (Å²) in [5, 5.41) is 7.41. The predicted molar refractivity (Wildman–Crippen MR) is 204 cm³/mol. The van der Waals surface area contributed by atoms with E-state index >= 15 is 0 Å². The van der Waals surface area contributed by atoms with Gasteiger partial charge in [-0.1, -0.05) is 128 Å². The van der Waals surface area contributed by atoms with Crippen molar-refractivity contribution in [1.29, 1.82) is 0 Å². The van der Waals surface area contributed by atoms with E-state index in [0.717, 1.165) is 22.4 Å². The zero-order valence-corrected chi connectivity index (χ0v) is 30.9. The first-order valence-electron chi connectivity index (χ1n) is 19.1. The Balaban J connectivity index is 0.000000211. The van der Waals surface area contributed by atoms with E-state index in [0.29, 0.717) is 23.1 Å². The van der Waals surface area contributed by atoms with Gasteiger partial charge in [0.25, 0.3) is 0 Å². The van der Waals surface area contributed by atoms with Crippen molar-refractivity contribution in [2.45, 2.75) is 53.2 Å². The molecular weight excluding hydrogens is 795 g/mol. The Bertz CT molecular complexity index is 2500. The van der Waals surface area contributed by atoms with Gasteiger partial charge in [0.2, 0.25) is 0 Å². The maximum absolute atomic E-state index is 7.28. The first kappa shape index (κ1) is 27.4. The smallest absolute Gasteiger partial charge is 0.0774 e. The minimum absolute atomic E-state index is 0. The molecule has 0 fully saturated rings. The van der Waals surface area contributed by atoms with Crippen molar-refractivity contribution in [2.24, 2.45) is 0 Å². The number of hydrogen-bond donors (Lipinski definition) is 0. The summed E-state index contributed by atoms with van der Waals surface area (Å²) in [6.07, 6.45) is 1.30. The van der Waals surface area contributed by atoms with Crippen molar-refractivity contribution < 1.29 is 28.3 Å². The van der Waals surface area contributed by atoms with E-state index in [-0.39, 0.29) is 31.2 Å². The Morgan fingerprint density at radius 3 is 2.16 bits per heavy atom. The first-order valence-corrected chi connectivity index (χ1v) is 17.0. The van der Waals surface area contributed by atoms with Crippen molar-refractivity contribution in [3.05, 3.63) is 149 Å². The second kappa shape index (κ2) is 14.6. The van der Waals surface area contributed by atoms with Crippen LogP contribution in [0.5, 0.6) is 0 Å². The molecule has 5 aromatic carbocycles. The molecule has 49 heavy (non-hydrogen) atoms. The molecule has 8 rings (SSSR count). The zero-order chi connectivity index (χ0) is 38.4. The van der Waals surface area contributed by atoms with Crippen molar-refractivity contribution in [2.75, 3.05) is 0 Å². The molecule has 0 aliphatic heterocycles. The molecule has 0 amide bonds. The van der Waals surface area contributed by atoms with Gasteiger partial charge in [0.05, 0.1) is 16.9 Å². The number of imidazole rings is 1. The van der Waals surface area contributed by atoms with Crippen LogP contribution in [0.4, 0.5) is 0 Å². The van der Waals surface area contributed by atoms with E-state index in [1.165, 1.54) is 62.1 Å². The third kappa shape index (κ3) is 6.76. The van der Waals surface area contributed by atoms with Gasteiger partial charge < -0.3 is 9.55 Å². The van der Waals surface area contributed by atoms with Crippen LogP contribution in [-0.2, 0) is 20.1 Å². The summed E-state index contributed by atoms with van der Waals surface area (Å²) < 4.78 is 47.3. The fraction of sp³-hybridized carbons (Fsp3) is 0.182. The van der Waals surface area contributed by atoms with Crippen LogP contribution in [0.25, 0.3) is 60.2 Å². The van der Waals surface area contributed by atoms with E-state index < -0.39 is 13.7 Å². The van der Waals surface area contributed by atoms with Crippen LogP contribution < -0.4 is 0 Å². The molecular formula is C44H39IrN3S-2. The maximum Gasteiger partial charge on any atom is 0.0774 e. The summed E-state index contributed by atoms with van der Waals surface area (Å²) in [5.74, 6) is 1.77. The molecule has 8 aromatic rings. The number of aryl methyl sites for hydroxylation is 2. The molecule has 247 valence electrons. The van der Waals surface area contributed by atoms with E-state index in [9.17, 15) is 0 Å². The summed E-state index contributed by atoms with van der Waals surface area (Å²) in [5.41, 5.74) is 8.74. The van der Waals surface area contributed by atoms with E-state index in [1.807, 2.05) is 0 Å². The van der Waals surface area contributed by atoms with Crippen LogP contribution >= 0.6 is 11.3 Å². The van der Waals surface area contributed by atoms with Crippen molar-refractivity contribution in [3.63, 3.8) is 0 Å². The number of thiophene rings is 1. The average molecular weight is 840 g/mol. The Kier molecular flexibility index (Phi) is 8.17.